The minimum atomic E-state index is -0.283. The Morgan fingerprint density at radius 3 is 2.54 bits per heavy atom. The minimum Gasteiger partial charge on any atom is -0.378 e. The van der Waals surface area contributed by atoms with E-state index in [0.29, 0.717) is 35.2 Å². The van der Waals surface area contributed by atoms with Crippen molar-refractivity contribution in [1.29, 1.82) is 0 Å². The van der Waals surface area contributed by atoms with E-state index in [4.69, 9.17) is 16.3 Å². The Bertz CT molecular complexity index is 805. The van der Waals surface area contributed by atoms with Crippen LogP contribution in [0.5, 0.6) is 0 Å². The second-order valence-electron chi connectivity index (χ2n) is 5.83. The highest BCUT2D eigenvalue weighted by Crippen LogP contribution is 2.26. The number of nitrogens with one attached hydrogen (secondary N) is 2. The number of pyridine rings is 1. The molecule has 1 aliphatic rings. The number of aromatic nitrogens is 1. The second kappa shape index (κ2) is 8.16. The van der Waals surface area contributed by atoms with Crippen LogP contribution in [0.3, 0.4) is 0 Å². The first-order valence-corrected chi connectivity index (χ1v) is 8.58. The second-order valence-corrected chi connectivity index (χ2v) is 6.24. The molecule has 0 saturated carbocycles. The molecule has 2 amide bonds. The number of rotatable bonds is 4. The predicted octanol–water partition coefficient (Wildman–Crippen LogP) is 2.78. The van der Waals surface area contributed by atoms with E-state index in [9.17, 15) is 9.59 Å². The quantitative estimate of drug-likeness (QED) is 0.859. The predicted molar refractivity (Wildman–Crippen MR) is 101 cm³/mol. The number of amides is 2. The molecule has 2 aromatic rings. The van der Waals surface area contributed by atoms with Gasteiger partial charge in [0, 0.05) is 31.9 Å². The normalized spacial score (nSPS) is 14.0. The van der Waals surface area contributed by atoms with E-state index >= 15 is 0 Å². The third kappa shape index (κ3) is 4.50. The number of nitrogens with zero attached hydrogens (tertiary/aromatic N) is 2. The zero-order chi connectivity index (χ0) is 18.5. The summed E-state index contributed by atoms with van der Waals surface area (Å²) >= 11 is 6.12. The van der Waals surface area contributed by atoms with Crippen molar-refractivity contribution in [1.82, 2.24) is 4.98 Å². The smallest absolute Gasteiger partial charge is 0.257 e. The lowest BCUT2D eigenvalue weighted by molar-refractivity contribution is -0.114. The van der Waals surface area contributed by atoms with Crippen molar-refractivity contribution in [3.63, 3.8) is 0 Å². The number of anilines is 3. The summed E-state index contributed by atoms with van der Waals surface area (Å²) in [6, 6.07) is 8.46. The van der Waals surface area contributed by atoms with E-state index in [1.165, 1.54) is 6.92 Å². The third-order valence-electron chi connectivity index (χ3n) is 3.88. The zero-order valence-corrected chi connectivity index (χ0v) is 15.0. The molecule has 7 nitrogen and oxygen atoms in total. The molecular weight excluding hydrogens is 356 g/mol. The van der Waals surface area contributed by atoms with Crippen LogP contribution in [-0.4, -0.2) is 43.1 Å². The highest BCUT2D eigenvalue weighted by molar-refractivity contribution is 6.34. The summed E-state index contributed by atoms with van der Waals surface area (Å²) in [6.07, 6.45) is 1.55. The topological polar surface area (TPSA) is 83.6 Å². The van der Waals surface area contributed by atoms with E-state index < -0.39 is 0 Å². The molecule has 0 unspecified atom stereocenters. The highest BCUT2D eigenvalue weighted by Gasteiger charge is 2.14. The van der Waals surface area contributed by atoms with E-state index in [-0.39, 0.29) is 11.8 Å². The summed E-state index contributed by atoms with van der Waals surface area (Å²) in [6.45, 7) is 4.34. The summed E-state index contributed by atoms with van der Waals surface area (Å²) < 4.78 is 5.32. The van der Waals surface area contributed by atoms with Gasteiger partial charge in [-0.1, -0.05) is 11.6 Å². The van der Waals surface area contributed by atoms with Crippen LogP contribution in [0, 0.1) is 0 Å². The van der Waals surface area contributed by atoms with Gasteiger partial charge in [-0.3, -0.25) is 9.59 Å². The maximum absolute atomic E-state index is 12.4. The molecule has 3 rings (SSSR count). The molecule has 1 fully saturated rings. The summed E-state index contributed by atoms with van der Waals surface area (Å²) in [4.78, 5) is 30.0. The van der Waals surface area contributed by atoms with Crippen LogP contribution >= 0.6 is 11.6 Å². The largest absolute Gasteiger partial charge is 0.378 e. The van der Waals surface area contributed by atoms with Crippen molar-refractivity contribution in [2.45, 2.75) is 6.92 Å². The standard InChI is InChI=1S/C18H19ClN4O3/c1-12(24)21-16-4-3-14(10-15(16)19)22-18(25)13-2-5-17(20-11-13)23-6-8-26-9-7-23/h2-5,10-11H,6-9H2,1H3,(H,21,24)(H,22,25). The van der Waals surface area contributed by atoms with Gasteiger partial charge in [-0.15, -0.1) is 0 Å². The van der Waals surface area contributed by atoms with Gasteiger partial charge in [0.25, 0.3) is 5.91 Å². The van der Waals surface area contributed by atoms with Crippen molar-refractivity contribution in [2.75, 3.05) is 41.8 Å². The summed E-state index contributed by atoms with van der Waals surface area (Å²) in [5.74, 6) is 0.331. The van der Waals surface area contributed by atoms with Gasteiger partial charge in [0.15, 0.2) is 0 Å². The van der Waals surface area contributed by atoms with Gasteiger partial charge in [-0.25, -0.2) is 4.98 Å². The molecule has 0 bridgehead atoms. The molecule has 8 heteroatoms. The van der Waals surface area contributed by atoms with Crippen molar-refractivity contribution < 1.29 is 14.3 Å². The number of hydrogen-bond donors (Lipinski definition) is 2. The Kier molecular flexibility index (Phi) is 5.70. The average molecular weight is 375 g/mol. The van der Waals surface area contributed by atoms with Gasteiger partial charge in [0.05, 0.1) is 29.5 Å². The van der Waals surface area contributed by atoms with Crippen molar-refractivity contribution in [2.24, 2.45) is 0 Å². The van der Waals surface area contributed by atoms with E-state index in [1.807, 2.05) is 6.07 Å². The zero-order valence-electron chi connectivity index (χ0n) is 14.3. The first kappa shape index (κ1) is 18.2. The van der Waals surface area contributed by atoms with Gasteiger partial charge in [-0.2, -0.15) is 0 Å². The molecule has 2 heterocycles. The van der Waals surface area contributed by atoms with Gasteiger partial charge in [0.1, 0.15) is 5.82 Å². The Balaban J connectivity index is 1.66. The monoisotopic (exact) mass is 374 g/mol. The number of ether oxygens (including phenoxy) is 1. The van der Waals surface area contributed by atoms with Crippen molar-refractivity contribution in [3.8, 4) is 0 Å². The molecule has 0 spiro atoms. The molecule has 1 aliphatic heterocycles. The highest BCUT2D eigenvalue weighted by atomic mass is 35.5. The van der Waals surface area contributed by atoms with Crippen molar-refractivity contribution >= 4 is 40.6 Å². The fraction of sp³-hybridized carbons (Fsp3) is 0.278. The summed E-state index contributed by atoms with van der Waals surface area (Å²) in [5.41, 5.74) is 1.48. The average Bonchev–Trinajstić information content (AvgIpc) is 2.64. The van der Waals surface area contributed by atoms with Crippen LogP contribution in [-0.2, 0) is 9.53 Å². The first-order valence-electron chi connectivity index (χ1n) is 8.20. The Morgan fingerprint density at radius 2 is 1.92 bits per heavy atom. The van der Waals surface area contributed by atoms with Crippen LogP contribution in [0.4, 0.5) is 17.2 Å². The molecule has 1 saturated heterocycles. The number of carbonyl (C=O) groups excluding carboxylic acids is 2. The fourth-order valence-electron chi connectivity index (χ4n) is 2.59. The molecule has 0 radical (unpaired) electrons. The molecule has 2 N–H and O–H groups in total. The van der Waals surface area contributed by atoms with E-state index in [0.717, 1.165) is 18.9 Å². The van der Waals surface area contributed by atoms with E-state index in [2.05, 4.69) is 20.5 Å². The molecule has 1 aromatic carbocycles. The maximum atomic E-state index is 12.4. The molecule has 1 aromatic heterocycles. The van der Waals surface area contributed by atoms with Gasteiger partial charge in [0.2, 0.25) is 5.91 Å². The van der Waals surface area contributed by atoms with Crippen LogP contribution in [0.1, 0.15) is 17.3 Å². The summed E-state index contributed by atoms with van der Waals surface area (Å²) in [7, 11) is 0. The molecule has 26 heavy (non-hydrogen) atoms. The fourth-order valence-corrected chi connectivity index (χ4v) is 2.81. The first-order chi connectivity index (χ1) is 12.5. The molecular formula is C18H19ClN4O3. The Morgan fingerprint density at radius 1 is 1.15 bits per heavy atom. The van der Waals surface area contributed by atoms with Gasteiger partial charge >= 0.3 is 0 Å². The third-order valence-corrected chi connectivity index (χ3v) is 4.20. The Labute approximate surface area is 156 Å². The molecule has 136 valence electrons. The lowest BCUT2D eigenvalue weighted by Crippen LogP contribution is -2.36. The maximum Gasteiger partial charge on any atom is 0.257 e. The summed E-state index contributed by atoms with van der Waals surface area (Å²) in [5, 5.41) is 5.73. The van der Waals surface area contributed by atoms with Crippen molar-refractivity contribution in [3.05, 3.63) is 47.1 Å². The van der Waals surface area contributed by atoms with Crippen LogP contribution in [0.2, 0.25) is 5.02 Å². The minimum absolute atomic E-state index is 0.213. The number of benzene rings is 1. The van der Waals surface area contributed by atoms with Crippen LogP contribution < -0.4 is 15.5 Å². The number of hydrogen-bond acceptors (Lipinski definition) is 5. The Hall–Kier alpha value is -2.64. The lowest BCUT2D eigenvalue weighted by Gasteiger charge is -2.27. The molecule has 0 atom stereocenters. The van der Waals surface area contributed by atoms with Gasteiger partial charge in [-0.05, 0) is 30.3 Å². The van der Waals surface area contributed by atoms with E-state index in [1.54, 1.807) is 30.5 Å². The lowest BCUT2D eigenvalue weighted by atomic mass is 10.2. The number of morpholine rings is 1. The van der Waals surface area contributed by atoms with Crippen LogP contribution in [0.25, 0.3) is 0 Å². The SMILES string of the molecule is CC(=O)Nc1ccc(NC(=O)c2ccc(N3CCOCC3)nc2)cc1Cl. The van der Waals surface area contributed by atoms with Gasteiger partial charge < -0.3 is 20.3 Å². The number of carbonyl (C=O) groups is 2. The number of halogens is 1. The molecule has 0 aliphatic carbocycles. The van der Waals surface area contributed by atoms with Crippen LogP contribution in [0.15, 0.2) is 36.5 Å².